The number of carbonyl (C=O) groups excluding carboxylic acids is 1. The maximum Gasteiger partial charge on any atom is 0.120 e. The van der Waals surface area contributed by atoms with Crippen LogP contribution in [0, 0.1) is 6.92 Å². The summed E-state index contributed by atoms with van der Waals surface area (Å²) in [6.07, 6.45) is 3.54. The number of aryl methyl sites for hydroxylation is 1. The van der Waals surface area contributed by atoms with Crippen LogP contribution in [-0.4, -0.2) is 11.3 Å². The zero-order valence-electron chi connectivity index (χ0n) is 11.5. The second-order valence-corrected chi connectivity index (χ2v) is 5.16. The Hall–Kier alpha value is -2.35. The molecule has 0 aliphatic rings. The predicted octanol–water partition coefficient (Wildman–Crippen LogP) is 4.20. The fourth-order valence-corrected chi connectivity index (χ4v) is 2.72. The summed E-state index contributed by atoms with van der Waals surface area (Å²) in [7, 11) is 0. The van der Waals surface area contributed by atoms with E-state index in [0.717, 1.165) is 11.8 Å². The van der Waals surface area contributed by atoms with Gasteiger partial charge in [-0.3, -0.25) is 0 Å². The molecule has 3 rings (SSSR count). The summed E-state index contributed by atoms with van der Waals surface area (Å²) >= 11 is 0. The maximum atomic E-state index is 11.1. The highest BCUT2D eigenvalue weighted by atomic mass is 16.1. The minimum Gasteiger partial charge on any atom is -0.361 e. The van der Waals surface area contributed by atoms with Crippen LogP contribution in [0.15, 0.2) is 54.7 Å². The highest BCUT2D eigenvalue weighted by Gasteiger charge is 2.17. The SMILES string of the molecule is Cc1ccc(C(CC=O)c2c[nH]c3ccccc23)cc1. The number of carbonyl (C=O) groups is 1. The van der Waals surface area contributed by atoms with Gasteiger partial charge in [-0.2, -0.15) is 0 Å². The highest BCUT2D eigenvalue weighted by molar-refractivity contribution is 5.84. The van der Waals surface area contributed by atoms with Crippen LogP contribution >= 0.6 is 0 Å². The Labute approximate surface area is 118 Å². The number of aromatic amines is 1. The molecule has 0 bridgehead atoms. The minimum atomic E-state index is 0.115. The van der Waals surface area contributed by atoms with Crippen molar-refractivity contribution in [1.82, 2.24) is 4.98 Å². The lowest BCUT2D eigenvalue weighted by Crippen LogP contribution is -2.01. The number of benzene rings is 2. The largest absolute Gasteiger partial charge is 0.361 e. The van der Waals surface area contributed by atoms with Crippen molar-refractivity contribution in [2.45, 2.75) is 19.3 Å². The van der Waals surface area contributed by atoms with E-state index < -0.39 is 0 Å². The first-order chi connectivity index (χ1) is 9.79. The Morgan fingerprint density at radius 3 is 2.60 bits per heavy atom. The van der Waals surface area contributed by atoms with E-state index in [4.69, 9.17) is 0 Å². The summed E-state index contributed by atoms with van der Waals surface area (Å²) in [6, 6.07) is 16.6. The molecule has 20 heavy (non-hydrogen) atoms. The van der Waals surface area contributed by atoms with Gasteiger partial charge in [0.25, 0.3) is 0 Å². The summed E-state index contributed by atoms with van der Waals surface area (Å²) in [4.78, 5) is 14.4. The third kappa shape index (κ3) is 2.25. The maximum absolute atomic E-state index is 11.1. The first-order valence-electron chi connectivity index (χ1n) is 6.86. The van der Waals surface area contributed by atoms with Crippen LogP contribution in [0.3, 0.4) is 0 Å². The molecule has 2 heteroatoms. The zero-order valence-corrected chi connectivity index (χ0v) is 11.5. The Balaban J connectivity index is 2.10. The topological polar surface area (TPSA) is 32.9 Å². The molecular weight excluding hydrogens is 246 g/mol. The molecule has 0 saturated heterocycles. The van der Waals surface area contributed by atoms with Crippen molar-refractivity contribution in [3.8, 4) is 0 Å². The predicted molar refractivity (Wildman–Crippen MR) is 82.0 cm³/mol. The molecule has 1 aromatic heterocycles. The highest BCUT2D eigenvalue weighted by Crippen LogP contribution is 2.32. The Bertz CT molecular complexity index is 725. The summed E-state index contributed by atoms with van der Waals surface area (Å²) in [5.74, 6) is 0.115. The molecule has 0 aliphatic heterocycles. The van der Waals surface area contributed by atoms with Crippen molar-refractivity contribution in [2.75, 3.05) is 0 Å². The van der Waals surface area contributed by atoms with Crippen molar-refractivity contribution in [3.05, 3.63) is 71.4 Å². The van der Waals surface area contributed by atoms with Gasteiger partial charge >= 0.3 is 0 Å². The molecule has 1 atom stereocenters. The molecule has 100 valence electrons. The molecule has 0 fully saturated rings. The van der Waals surface area contributed by atoms with Crippen LogP contribution < -0.4 is 0 Å². The van der Waals surface area contributed by atoms with Gasteiger partial charge in [0.2, 0.25) is 0 Å². The van der Waals surface area contributed by atoms with E-state index in [-0.39, 0.29) is 5.92 Å². The number of nitrogens with one attached hydrogen (secondary N) is 1. The Kier molecular flexibility index (Phi) is 3.38. The van der Waals surface area contributed by atoms with Gasteiger partial charge in [-0.25, -0.2) is 0 Å². The van der Waals surface area contributed by atoms with Crippen molar-refractivity contribution in [1.29, 1.82) is 0 Å². The molecule has 2 nitrogen and oxygen atoms in total. The summed E-state index contributed by atoms with van der Waals surface area (Å²) in [5, 5.41) is 1.19. The molecular formula is C18H17NO. The van der Waals surface area contributed by atoms with Crippen LogP contribution in [-0.2, 0) is 4.79 Å². The zero-order chi connectivity index (χ0) is 13.9. The molecule has 0 radical (unpaired) electrons. The van der Waals surface area contributed by atoms with Gasteiger partial charge in [-0.15, -0.1) is 0 Å². The number of H-pyrrole nitrogens is 1. The average molecular weight is 263 g/mol. The van der Waals surface area contributed by atoms with E-state index in [1.807, 2.05) is 18.3 Å². The quantitative estimate of drug-likeness (QED) is 0.703. The minimum absolute atomic E-state index is 0.115. The third-order valence-corrected chi connectivity index (χ3v) is 3.81. The van der Waals surface area contributed by atoms with E-state index >= 15 is 0 Å². The lowest BCUT2D eigenvalue weighted by molar-refractivity contribution is -0.108. The summed E-state index contributed by atoms with van der Waals surface area (Å²) < 4.78 is 0. The van der Waals surface area contributed by atoms with Crippen molar-refractivity contribution >= 4 is 17.2 Å². The molecule has 3 aromatic rings. The van der Waals surface area contributed by atoms with Crippen LogP contribution in [0.25, 0.3) is 10.9 Å². The van der Waals surface area contributed by atoms with E-state index in [0.29, 0.717) is 6.42 Å². The second-order valence-electron chi connectivity index (χ2n) is 5.16. The monoisotopic (exact) mass is 263 g/mol. The number of aromatic nitrogens is 1. The lowest BCUT2D eigenvalue weighted by atomic mass is 9.88. The average Bonchev–Trinajstić information content (AvgIpc) is 2.90. The van der Waals surface area contributed by atoms with Gasteiger partial charge in [-0.05, 0) is 24.1 Å². The molecule has 1 heterocycles. The Morgan fingerprint density at radius 1 is 1.10 bits per heavy atom. The van der Waals surface area contributed by atoms with E-state index in [1.54, 1.807) is 0 Å². The van der Waals surface area contributed by atoms with Crippen LogP contribution in [0.4, 0.5) is 0 Å². The van der Waals surface area contributed by atoms with Crippen LogP contribution in [0.2, 0.25) is 0 Å². The van der Waals surface area contributed by atoms with Crippen molar-refractivity contribution < 1.29 is 4.79 Å². The number of hydrogen-bond acceptors (Lipinski definition) is 1. The third-order valence-electron chi connectivity index (χ3n) is 3.81. The van der Waals surface area contributed by atoms with Crippen molar-refractivity contribution in [3.63, 3.8) is 0 Å². The number of aldehydes is 1. The van der Waals surface area contributed by atoms with E-state index in [1.165, 1.54) is 22.1 Å². The Morgan fingerprint density at radius 2 is 1.85 bits per heavy atom. The van der Waals surface area contributed by atoms with Gasteiger partial charge < -0.3 is 9.78 Å². The molecule has 0 aliphatic carbocycles. The van der Waals surface area contributed by atoms with Crippen LogP contribution in [0.1, 0.15) is 29.0 Å². The smallest absolute Gasteiger partial charge is 0.120 e. The summed E-state index contributed by atoms with van der Waals surface area (Å²) in [5.41, 5.74) is 4.73. The van der Waals surface area contributed by atoms with Crippen molar-refractivity contribution in [2.24, 2.45) is 0 Å². The molecule has 2 aromatic carbocycles. The second kappa shape index (κ2) is 5.33. The van der Waals surface area contributed by atoms with Gasteiger partial charge in [0, 0.05) is 29.4 Å². The summed E-state index contributed by atoms with van der Waals surface area (Å²) in [6.45, 7) is 2.07. The lowest BCUT2D eigenvalue weighted by Gasteiger charge is -2.14. The van der Waals surface area contributed by atoms with Gasteiger partial charge in [0.05, 0.1) is 0 Å². The molecule has 1 N–H and O–H groups in total. The number of para-hydroxylation sites is 1. The number of rotatable bonds is 4. The fourth-order valence-electron chi connectivity index (χ4n) is 2.72. The van der Waals surface area contributed by atoms with Gasteiger partial charge in [0.15, 0.2) is 0 Å². The molecule has 0 saturated carbocycles. The fraction of sp³-hybridized carbons (Fsp3) is 0.167. The van der Waals surface area contributed by atoms with E-state index in [2.05, 4.69) is 48.3 Å². The normalized spacial score (nSPS) is 12.4. The first kappa shape index (κ1) is 12.7. The molecule has 1 unspecified atom stereocenters. The van der Waals surface area contributed by atoms with E-state index in [9.17, 15) is 4.79 Å². The van der Waals surface area contributed by atoms with Gasteiger partial charge in [0.1, 0.15) is 6.29 Å². The van der Waals surface area contributed by atoms with Crippen LogP contribution in [0.5, 0.6) is 0 Å². The van der Waals surface area contributed by atoms with Gasteiger partial charge in [-0.1, -0.05) is 48.0 Å². The number of fused-ring (bicyclic) bond motifs is 1. The molecule has 0 amide bonds. The molecule has 0 spiro atoms. The standard InChI is InChI=1S/C18H17NO/c1-13-6-8-14(9-7-13)15(10-11-20)17-12-19-18-5-3-2-4-16(17)18/h2-9,11-12,15,19H,10H2,1H3. The number of hydrogen-bond donors (Lipinski definition) is 1. The first-order valence-corrected chi connectivity index (χ1v) is 6.86.